The molecule has 1 amide bonds. The van der Waals surface area contributed by atoms with E-state index in [4.69, 9.17) is 15.2 Å². The highest BCUT2D eigenvalue weighted by atomic mass is 79.9. The number of amides is 1. The lowest BCUT2D eigenvalue weighted by Crippen LogP contribution is -2.43. The number of primary amides is 1. The Morgan fingerprint density at radius 1 is 1.60 bits per heavy atom. The van der Waals surface area contributed by atoms with Gasteiger partial charge in [-0.15, -0.1) is 0 Å². The summed E-state index contributed by atoms with van der Waals surface area (Å²) < 4.78 is 12.8. The van der Waals surface area contributed by atoms with Crippen LogP contribution in [0.1, 0.15) is 24.0 Å². The predicted octanol–water partition coefficient (Wildman–Crippen LogP) is 1.47. The third-order valence-electron chi connectivity index (χ3n) is 5.49. The number of aliphatic hydroxyl groups excluding tert-OH is 1. The monoisotopic (exact) mass is 408 g/mol. The molecule has 0 aromatic heterocycles. The van der Waals surface area contributed by atoms with Crippen molar-refractivity contribution in [3.05, 3.63) is 33.8 Å². The Morgan fingerprint density at radius 3 is 3.12 bits per heavy atom. The Morgan fingerprint density at radius 2 is 2.40 bits per heavy atom. The van der Waals surface area contributed by atoms with Gasteiger partial charge >= 0.3 is 0 Å². The molecule has 0 bridgehead atoms. The molecule has 0 fully saturated rings. The van der Waals surface area contributed by atoms with Gasteiger partial charge in [0.2, 0.25) is 5.91 Å². The number of hydrogen-bond donors (Lipinski definition) is 2. The molecule has 3 N–H and O–H groups in total. The molecule has 6 nitrogen and oxygen atoms in total. The topological polar surface area (TPSA) is 85.0 Å². The maximum atomic E-state index is 11.4. The van der Waals surface area contributed by atoms with Crippen LogP contribution in [0.3, 0.4) is 0 Å². The van der Waals surface area contributed by atoms with E-state index < -0.39 is 6.10 Å². The first-order chi connectivity index (χ1) is 11.9. The van der Waals surface area contributed by atoms with Crippen molar-refractivity contribution in [1.29, 1.82) is 0 Å². The van der Waals surface area contributed by atoms with E-state index in [1.165, 1.54) is 0 Å². The number of nitrogens with two attached hydrogens (primary N) is 1. The number of methoxy groups -OCH3 is 1. The molecular weight excluding hydrogens is 388 g/mol. The van der Waals surface area contributed by atoms with E-state index in [0.717, 1.165) is 34.3 Å². The van der Waals surface area contributed by atoms with Gasteiger partial charge in [0, 0.05) is 29.5 Å². The van der Waals surface area contributed by atoms with Gasteiger partial charge in [0.05, 0.1) is 25.2 Å². The Bertz CT molecular complexity index is 766. The SMILES string of the molecule is COc1cc(Br)c2c3c1O[C@@H]1C[C@H](O)C=C[C@]31CCN(CC(N)=O)C2. The molecule has 134 valence electrons. The fraction of sp³-hybridized carbons (Fsp3) is 0.500. The molecule has 1 aliphatic carbocycles. The van der Waals surface area contributed by atoms with E-state index in [1.807, 2.05) is 12.1 Å². The Labute approximate surface area is 154 Å². The number of aliphatic hydroxyl groups is 1. The molecule has 0 radical (unpaired) electrons. The van der Waals surface area contributed by atoms with Crippen molar-refractivity contribution >= 4 is 21.8 Å². The highest BCUT2D eigenvalue weighted by Crippen LogP contribution is 2.57. The molecular formula is C18H21BrN2O4. The predicted molar refractivity (Wildman–Crippen MR) is 95.6 cm³/mol. The van der Waals surface area contributed by atoms with Gasteiger partial charge in [-0.25, -0.2) is 0 Å². The molecule has 4 rings (SSSR count). The number of nitrogens with zero attached hydrogens (tertiary/aromatic N) is 1. The standard InChI is InChI=1S/C18H21BrN2O4/c1-24-13-7-12(19)11-8-21(9-15(20)23)5-4-18-3-2-10(22)6-14(18)25-17(13)16(11)18/h2-3,7,10,14,22H,4-6,8-9H2,1H3,(H2,20,23)/t10-,14-,18-/m1/s1. The lowest BCUT2D eigenvalue weighted by molar-refractivity contribution is -0.119. The highest BCUT2D eigenvalue weighted by Gasteiger charge is 2.53. The first kappa shape index (κ1) is 16.9. The summed E-state index contributed by atoms with van der Waals surface area (Å²) in [5.41, 5.74) is 7.31. The van der Waals surface area contributed by atoms with E-state index in [1.54, 1.807) is 7.11 Å². The fourth-order valence-corrected chi connectivity index (χ4v) is 4.90. The Balaban J connectivity index is 1.90. The second-order valence-electron chi connectivity index (χ2n) is 6.98. The van der Waals surface area contributed by atoms with Crippen LogP contribution in [0.15, 0.2) is 22.7 Å². The number of benzene rings is 1. The summed E-state index contributed by atoms with van der Waals surface area (Å²) in [5, 5.41) is 10.1. The molecule has 1 aromatic rings. The molecule has 25 heavy (non-hydrogen) atoms. The maximum Gasteiger partial charge on any atom is 0.231 e. The van der Waals surface area contributed by atoms with Crippen molar-refractivity contribution in [3.8, 4) is 11.5 Å². The van der Waals surface area contributed by atoms with Crippen LogP contribution in [-0.2, 0) is 16.8 Å². The van der Waals surface area contributed by atoms with Crippen molar-refractivity contribution in [2.45, 2.75) is 37.0 Å². The van der Waals surface area contributed by atoms with Gasteiger partial charge in [-0.2, -0.15) is 0 Å². The molecule has 1 aromatic carbocycles. The van der Waals surface area contributed by atoms with Crippen molar-refractivity contribution in [2.75, 3.05) is 20.2 Å². The summed E-state index contributed by atoms with van der Waals surface area (Å²) in [6, 6.07) is 1.91. The van der Waals surface area contributed by atoms with Gasteiger partial charge in [-0.05, 0) is 18.1 Å². The average molecular weight is 409 g/mol. The third-order valence-corrected chi connectivity index (χ3v) is 6.20. The number of hydrogen-bond acceptors (Lipinski definition) is 5. The minimum absolute atomic E-state index is 0.141. The summed E-state index contributed by atoms with van der Waals surface area (Å²) in [4.78, 5) is 13.5. The van der Waals surface area contributed by atoms with Crippen molar-refractivity contribution in [2.24, 2.45) is 5.73 Å². The second-order valence-corrected chi connectivity index (χ2v) is 7.83. The van der Waals surface area contributed by atoms with Crippen molar-refractivity contribution in [1.82, 2.24) is 4.90 Å². The zero-order valence-corrected chi connectivity index (χ0v) is 15.6. The van der Waals surface area contributed by atoms with E-state index >= 15 is 0 Å². The van der Waals surface area contributed by atoms with Crippen molar-refractivity contribution < 1.29 is 19.4 Å². The van der Waals surface area contributed by atoms with Crippen LogP contribution in [0.4, 0.5) is 0 Å². The van der Waals surface area contributed by atoms with Gasteiger partial charge in [-0.1, -0.05) is 28.1 Å². The zero-order chi connectivity index (χ0) is 17.8. The molecule has 7 heteroatoms. The number of ether oxygens (including phenoxy) is 2. The summed E-state index contributed by atoms with van der Waals surface area (Å²) in [5.74, 6) is 1.11. The van der Waals surface area contributed by atoms with Crippen molar-refractivity contribution in [3.63, 3.8) is 0 Å². The zero-order valence-electron chi connectivity index (χ0n) is 14.0. The quantitative estimate of drug-likeness (QED) is 0.739. The maximum absolute atomic E-state index is 11.4. The van der Waals surface area contributed by atoms with Crippen LogP contribution in [0, 0.1) is 0 Å². The number of carbonyl (C=O) groups is 1. The summed E-state index contributed by atoms with van der Waals surface area (Å²) in [6.45, 7) is 1.57. The Kier molecular flexibility index (Phi) is 4.05. The van der Waals surface area contributed by atoms with Crippen LogP contribution in [0.25, 0.3) is 0 Å². The van der Waals surface area contributed by atoms with E-state index in [0.29, 0.717) is 18.7 Å². The van der Waals surface area contributed by atoms with Gasteiger partial charge in [0.1, 0.15) is 6.10 Å². The van der Waals surface area contributed by atoms with Gasteiger partial charge in [0.15, 0.2) is 11.5 Å². The first-order valence-corrected chi connectivity index (χ1v) is 9.18. The molecule has 3 atom stereocenters. The van der Waals surface area contributed by atoms with Gasteiger partial charge in [0.25, 0.3) is 0 Å². The first-order valence-electron chi connectivity index (χ1n) is 8.39. The minimum atomic E-state index is -0.507. The van der Waals surface area contributed by atoms with Crippen LogP contribution in [-0.4, -0.2) is 48.3 Å². The molecule has 2 heterocycles. The molecule has 3 aliphatic rings. The van der Waals surface area contributed by atoms with Crippen LogP contribution >= 0.6 is 15.9 Å². The molecule has 0 saturated heterocycles. The van der Waals surface area contributed by atoms with E-state index in [-0.39, 0.29) is 24.0 Å². The van der Waals surface area contributed by atoms with Gasteiger partial charge in [-0.3, -0.25) is 9.69 Å². The number of carbonyl (C=O) groups excluding carboxylic acids is 1. The normalized spacial score (nSPS) is 30.2. The largest absolute Gasteiger partial charge is 0.493 e. The molecule has 0 saturated carbocycles. The lowest BCUT2D eigenvalue weighted by atomic mass is 9.69. The second kappa shape index (κ2) is 6.00. The third kappa shape index (κ3) is 2.56. The highest BCUT2D eigenvalue weighted by molar-refractivity contribution is 9.10. The van der Waals surface area contributed by atoms with Gasteiger partial charge < -0.3 is 20.3 Å². The lowest BCUT2D eigenvalue weighted by Gasteiger charge is -2.35. The minimum Gasteiger partial charge on any atom is -0.493 e. The molecule has 2 aliphatic heterocycles. The molecule has 0 unspecified atom stereocenters. The smallest absolute Gasteiger partial charge is 0.231 e. The van der Waals surface area contributed by atoms with Crippen LogP contribution in [0.5, 0.6) is 11.5 Å². The summed E-state index contributed by atoms with van der Waals surface area (Å²) in [7, 11) is 1.63. The summed E-state index contributed by atoms with van der Waals surface area (Å²) >= 11 is 3.66. The Hall–Kier alpha value is -1.57. The summed E-state index contributed by atoms with van der Waals surface area (Å²) in [6.07, 6.45) is 4.64. The molecule has 1 spiro atoms. The number of halogens is 1. The fourth-order valence-electron chi connectivity index (χ4n) is 4.37. The average Bonchev–Trinajstić information content (AvgIpc) is 2.79. The van der Waals surface area contributed by atoms with Crippen LogP contribution < -0.4 is 15.2 Å². The van der Waals surface area contributed by atoms with Crippen LogP contribution in [0.2, 0.25) is 0 Å². The van der Waals surface area contributed by atoms with E-state index in [2.05, 4.69) is 26.9 Å². The van der Waals surface area contributed by atoms with E-state index in [9.17, 15) is 9.90 Å². The number of rotatable bonds is 3.